The molecule has 1 N–H and O–H groups in total. The summed E-state index contributed by atoms with van der Waals surface area (Å²) in [5.41, 5.74) is 2.44. The van der Waals surface area contributed by atoms with Gasteiger partial charge in [-0.25, -0.2) is 0 Å². The van der Waals surface area contributed by atoms with Crippen LogP contribution in [0, 0.1) is 5.41 Å². The Morgan fingerprint density at radius 2 is 1.56 bits per heavy atom. The monoisotopic (exact) mass is 497 g/mol. The van der Waals surface area contributed by atoms with Crippen molar-refractivity contribution < 1.29 is 14.4 Å². The van der Waals surface area contributed by atoms with Crippen LogP contribution in [0.5, 0.6) is 0 Å². The van der Waals surface area contributed by atoms with Crippen molar-refractivity contribution in [2.24, 2.45) is 5.41 Å². The molecule has 0 radical (unpaired) electrons. The van der Waals surface area contributed by atoms with Crippen LogP contribution in [0.2, 0.25) is 5.02 Å². The molecule has 0 saturated carbocycles. The summed E-state index contributed by atoms with van der Waals surface area (Å²) in [7, 11) is 0. The number of halogens is 1. The lowest BCUT2D eigenvalue weighted by molar-refractivity contribution is -0.147. The Morgan fingerprint density at radius 1 is 0.889 bits per heavy atom. The highest BCUT2D eigenvalue weighted by atomic mass is 35.5. The van der Waals surface area contributed by atoms with E-state index in [1.807, 2.05) is 83.8 Å². The molecule has 6 rings (SSSR count). The summed E-state index contributed by atoms with van der Waals surface area (Å²) in [6.07, 6.45) is 2.59. The zero-order chi connectivity index (χ0) is 24.9. The van der Waals surface area contributed by atoms with Gasteiger partial charge in [0.25, 0.3) is 11.7 Å². The number of fused-ring (bicyclic) bond motifs is 1. The second-order valence-corrected chi connectivity index (χ2v) is 9.93. The Kier molecular flexibility index (Phi) is 5.41. The van der Waals surface area contributed by atoms with Crippen LogP contribution < -0.4 is 4.90 Å². The topological polar surface area (TPSA) is 73.5 Å². The number of ketones is 1. The van der Waals surface area contributed by atoms with E-state index in [0.29, 0.717) is 36.5 Å². The maximum atomic E-state index is 13.7. The molecule has 1 aromatic heterocycles. The van der Waals surface area contributed by atoms with Gasteiger partial charge in [-0.3, -0.25) is 14.4 Å². The van der Waals surface area contributed by atoms with E-state index in [1.54, 1.807) is 11.1 Å². The number of anilines is 1. The summed E-state index contributed by atoms with van der Waals surface area (Å²) in [6, 6.07) is 24.5. The first-order valence-electron chi connectivity index (χ1n) is 12.0. The summed E-state index contributed by atoms with van der Waals surface area (Å²) >= 11 is 6.14. The van der Waals surface area contributed by atoms with E-state index < -0.39 is 17.1 Å². The lowest BCUT2D eigenvalue weighted by Crippen LogP contribution is -2.67. The van der Waals surface area contributed by atoms with Crippen LogP contribution in [0.3, 0.4) is 0 Å². The molecule has 36 heavy (non-hydrogen) atoms. The van der Waals surface area contributed by atoms with Gasteiger partial charge in [0.15, 0.2) is 0 Å². The summed E-state index contributed by atoms with van der Waals surface area (Å²) in [6.45, 7) is 0.705. The van der Waals surface area contributed by atoms with Crippen LogP contribution in [0.1, 0.15) is 34.8 Å². The molecule has 3 heterocycles. The van der Waals surface area contributed by atoms with Crippen molar-refractivity contribution >= 4 is 45.8 Å². The number of H-pyrrole nitrogens is 1. The van der Waals surface area contributed by atoms with E-state index >= 15 is 0 Å². The minimum Gasteiger partial charge on any atom is -0.360 e. The number of hydrogen-bond acceptors (Lipinski definition) is 3. The first kappa shape index (κ1) is 22.6. The molecule has 3 aromatic carbocycles. The number of benzene rings is 3. The second-order valence-electron chi connectivity index (χ2n) is 9.49. The summed E-state index contributed by atoms with van der Waals surface area (Å²) in [5.74, 6) is -0.989. The molecule has 2 aliphatic heterocycles. The minimum atomic E-state index is -0.621. The van der Waals surface area contributed by atoms with Crippen LogP contribution in [0.25, 0.3) is 10.9 Å². The van der Waals surface area contributed by atoms with Gasteiger partial charge in [0.2, 0.25) is 5.91 Å². The first-order chi connectivity index (χ1) is 17.5. The van der Waals surface area contributed by atoms with Crippen LogP contribution in [0.4, 0.5) is 5.69 Å². The maximum absolute atomic E-state index is 13.7. The van der Waals surface area contributed by atoms with E-state index in [1.165, 1.54) is 0 Å². The Bertz CT molecular complexity index is 1470. The van der Waals surface area contributed by atoms with Gasteiger partial charge >= 0.3 is 0 Å². The standard InChI is InChI=1S/C29H24ClN3O3/c30-20-12-10-19(11-13-20)26-29(28(36)33(26)21-6-2-1-3-7-21)14-16-32(17-15-29)27(35)25(34)23-18-31-24-9-5-4-8-22(23)24/h1-13,18,26,31H,14-17H2. The Balaban J connectivity index is 1.25. The number of amides is 2. The van der Waals surface area contributed by atoms with E-state index in [4.69, 9.17) is 11.6 Å². The average molecular weight is 498 g/mol. The van der Waals surface area contributed by atoms with Gasteiger partial charge in [-0.05, 0) is 48.7 Å². The SMILES string of the molecule is O=C(C(=O)N1CCC2(CC1)C(=O)N(c1ccccc1)C2c1ccc(Cl)cc1)c1c[nH]c2ccccc12. The molecule has 4 aromatic rings. The molecule has 0 aliphatic carbocycles. The molecule has 2 amide bonds. The molecular formula is C29H24ClN3O3. The van der Waals surface area contributed by atoms with Gasteiger partial charge in [-0.1, -0.05) is 60.1 Å². The lowest BCUT2D eigenvalue weighted by Gasteiger charge is -2.59. The van der Waals surface area contributed by atoms with Gasteiger partial charge in [-0.2, -0.15) is 0 Å². The van der Waals surface area contributed by atoms with Crippen molar-refractivity contribution in [3.05, 3.63) is 101 Å². The fourth-order valence-electron chi connectivity index (χ4n) is 5.74. The number of likely N-dealkylation sites (tertiary alicyclic amines) is 1. The van der Waals surface area contributed by atoms with Crippen molar-refractivity contribution in [3.63, 3.8) is 0 Å². The highest BCUT2D eigenvalue weighted by molar-refractivity contribution is 6.44. The maximum Gasteiger partial charge on any atom is 0.295 e. The predicted molar refractivity (Wildman–Crippen MR) is 139 cm³/mol. The van der Waals surface area contributed by atoms with Crippen LogP contribution in [0.15, 0.2) is 85.1 Å². The number of piperidine rings is 1. The molecule has 2 saturated heterocycles. The third kappa shape index (κ3) is 3.44. The Labute approximate surface area is 213 Å². The molecule has 2 aliphatic rings. The number of aromatic nitrogens is 1. The molecular weight excluding hydrogens is 474 g/mol. The molecule has 180 valence electrons. The highest BCUT2D eigenvalue weighted by Gasteiger charge is 2.62. The average Bonchev–Trinajstić information content (AvgIpc) is 3.36. The van der Waals surface area contributed by atoms with Gasteiger partial charge in [0.05, 0.1) is 17.0 Å². The normalized spacial score (nSPS) is 18.9. The zero-order valence-corrected chi connectivity index (χ0v) is 20.2. The number of carbonyl (C=O) groups is 3. The largest absolute Gasteiger partial charge is 0.360 e. The van der Waals surface area contributed by atoms with Crippen LogP contribution in [-0.2, 0) is 9.59 Å². The molecule has 1 atom stereocenters. The van der Waals surface area contributed by atoms with E-state index in [0.717, 1.165) is 22.2 Å². The third-order valence-electron chi connectivity index (χ3n) is 7.62. The Hall–Kier alpha value is -3.90. The number of aromatic amines is 1. The lowest BCUT2D eigenvalue weighted by atomic mass is 9.62. The number of Topliss-reactive ketones (excluding diaryl/α,β-unsaturated/α-hetero) is 1. The quantitative estimate of drug-likeness (QED) is 0.233. The van der Waals surface area contributed by atoms with E-state index in [9.17, 15) is 14.4 Å². The van der Waals surface area contributed by atoms with Crippen molar-refractivity contribution in [1.82, 2.24) is 9.88 Å². The number of hydrogen-bond donors (Lipinski definition) is 1. The van der Waals surface area contributed by atoms with Crippen molar-refractivity contribution in [3.8, 4) is 0 Å². The summed E-state index contributed by atoms with van der Waals surface area (Å²) < 4.78 is 0. The molecule has 1 spiro atoms. The number of carbonyl (C=O) groups excluding carboxylic acids is 3. The van der Waals surface area contributed by atoms with E-state index in [-0.39, 0.29) is 11.9 Å². The molecule has 2 fully saturated rings. The molecule has 7 heteroatoms. The minimum absolute atomic E-state index is 0.0590. The van der Waals surface area contributed by atoms with Gasteiger partial charge in [-0.15, -0.1) is 0 Å². The Morgan fingerprint density at radius 3 is 2.28 bits per heavy atom. The van der Waals surface area contributed by atoms with Crippen LogP contribution in [-0.4, -0.2) is 40.6 Å². The van der Waals surface area contributed by atoms with E-state index in [2.05, 4.69) is 4.98 Å². The molecule has 0 bridgehead atoms. The summed E-state index contributed by atoms with van der Waals surface area (Å²) in [5, 5.41) is 1.38. The fourth-order valence-corrected chi connectivity index (χ4v) is 5.86. The smallest absolute Gasteiger partial charge is 0.295 e. The third-order valence-corrected chi connectivity index (χ3v) is 7.87. The highest BCUT2D eigenvalue weighted by Crippen LogP contribution is 2.57. The van der Waals surface area contributed by atoms with Crippen molar-refractivity contribution in [2.45, 2.75) is 18.9 Å². The summed E-state index contributed by atoms with van der Waals surface area (Å²) in [4.78, 5) is 46.4. The number of β-lactam (4-membered cyclic amide) rings is 1. The molecule has 1 unspecified atom stereocenters. The number of rotatable bonds is 4. The number of para-hydroxylation sites is 2. The number of nitrogens with one attached hydrogen (secondary N) is 1. The second kappa shape index (κ2) is 8.64. The first-order valence-corrected chi connectivity index (χ1v) is 12.4. The molecule has 6 nitrogen and oxygen atoms in total. The van der Waals surface area contributed by atoms with Crippen molar-refractivity contribution in [2.75, 3.05) is 18.0 Å². The van der Waals surface area contributed by atoms with Gasteiger partial charge < -0.3 is 14.8 Å². The fraction of sp³-hybridized carbons (Fsp3) is 0.207. The predicted octanol–water partition coefficient (Wildman–Crippen LogP) is 5.40. The van der Waals surface area contributed by atoms with Crippen LogP contribution >= 0.6 is 11.6 Å². The van der Waals surface area contributed by atoms with Gasteiger partial charge in [0, 0.05) is 40.9 Å². The van der Waals surface area contributed by atoms with Crippen molar-refractivity contribution in [1.29, 1.82) is 0 Å². The van der Waals surface area contributed by atoms with Gasteiger partial charge in [0.1, 0.15) is 0 Å². The number of nitrogens with zero attached hydrogens (tertiary/aromatic N) is 2. The zero-order valence-electron chi connectivity index (χ0n) is 19.5.